The molecule has 3 nitrogen and oxygen atoms in total. The van der Waals surface area contributed by atoms with E-state index in [0.717, 1.165) is 48.0 Å². The summed E-state index contributed by atoms with van der Waals surface area (Å²) in [7, 11) is 2.04. The standard InChI is InChI=1S/C14H21BrN2O/c1-17(10-14(18)7-2-3-8-14)9-11-12(15)5-4-6-13(11)16/h4-6,18H,2-3,7-10,16H2,1H3. The number of nitrogens with two attached hydrogens (primary N) is 1. The molecule has 1 aliphatic carbocycles. The average molecular weight is 313 g/mol. The van der Waals surface area contributed by atoms with Gasteiger partial charge in [0.15, 0.2) is 0 Å². The first-order valence-electron chi connectivity index (χ1n) is 6.44. The molecule has 0 heterocycles. The summed E-state index contributed by atoms with van der Waals surface area (Å²) in [5.41, 5.74) is 7.40. The van der Waals surface area contributed by atoms with E-state index in [1.54, 1.807) is 0 Å². The molecule has 0 bridgehead atoms. The molecule has 3 N–H and O–H groups in total. The van der Waals surface area contributed by atoms with E-state index in [-0.39, 0.29) is 0 Å². The van der Waals surface area contributed by atoms with Gasteiger partial charge in [-0.15, -0.1) is 0 Å². The monoisotopic (exact) mass is 312 g/mol. The molecule has 0 atom stereocenters. The molecule has 1 aliphatic rings. The molecule has 1 saturated carbocycles. The fourth-order valence-corrected chi connectivity index (χ4v) is 3.27. The van der Waals surface area contributed by atoms with Crippen molar-refractivity contribution in [2.45, 2.75) is 37.8 Å². The van der Waals surface area contributed by atoms with Crippen LogP contribution in [0.3, 0.4) is 0 Å². The first-order valence-corrected chi connectivity index (χ1v) is 7.23. The van der Waals surface area contributed by atoms with Crippen LogP contribution in [-0.2, 0) is 6.54 Å². The maximum atomic E-state index is 10.4. The van der Waals surface area contributed by atoms with Crippen molar-refractivity contribution in [3.63, 3.8) is 0 Å². The lowest BCUT2D eigenvalue weighted by Gasteiger charge is -2.29. The number of benzene rings is 1. The van der Waals surface area contributed by atoms with Crippen molar-refractivity contribution in [1.82, 2.24) is 4.90 Å². The molecule has 0 spiro atoms. The van der Waals surface area contributed by atoms with Crippen LogP contribution in [-0.4, -0.2) is 29.2 Å². The van der Waals surface area contributed by atoms with Gasteiger partial charge >= 0.3 is 0 Å². The van der Waals surface area contributed by atoms with Gasteiger partial charge in [-0.2, -0.15) is 0 Å². The van der Waals surface area contributed by atoms with Crippen molar-refractivity contribution < 1.29 is 5.11 Å². The van der Waals surface area contributed by atoms with Crippen LogP contribution < -0.4 is 5.73 Å². The summed E-state index contributed by atoms with van der Waals surface area (Å²) in [5, 5.41) is 10.4. The Labute approximate surface area is 117 Å². The minimum atomic E-state index is -0.495. The Morgan fingerprint density at radius 3 is 2.67 bits per heavy atom. The fourth-order valence-electron chi connectivity index (χ4n) is 2.76. The molecule has 1 aromatic carbocycles. The molecule has 0 amide bonds. The number of anilines is 1. The second kappa shape index (κ2) is 5.59. The maximum absolute atomic E-state index is 10.4. The molecule has 0 aliphatic heterocycles. The summed E-state index contributed by atoms with van der Waals surface area (Å²) in [5.74, 6) is 0. The van der Waals surface area contributed by atoms with E-state index < -0.39 is 5.60 Å². The van der Waals surface area contributed by atoms with Gasteiger partial charge in [-0.1, -0.05) is 34.8 Å². The Kier molecular flexibility index (Phi) is 4.30. The molecular formula is C14H21BrN2O. The van der Waals surface area contributed by atoms with Gasteiger partial charge in [0.05, 0.1) is 5.60 Å². The average Bonchev–Trinajstić information content (AvgIpc) is 2.70. The number of aliphatic hydroxyl groups is 1. The number of hydrogen-bond acceptors (Lipinski definition) is 3. The SMILES string of the molecule is CN(Cc1c(N)cccc1Br)CC1(O)CCCC1. The lowest BCUT2D eigenvalue weighted by atomic mass is 10.0. The van der Waals surface area contributed by atoms with E-state index in [0.29, 0.717) is 6.54 Å². The van der Waals surface area contributed by atoms with Gasteiger partial charge < -0.3 is 10.8 Å². The van der Waals surface area contributed by atoms with Crippen LogP contribution in [0.4, 0.5) is 5.69 Å². The summed E-state index contributed by atoms with van der Waals surface area (Å²) in [6, 6.07) is 5.86. The number of halogens is 1. The highest BCUT2D eigenvalue weighted by Crippen LogP contribution is 2.31. The van der Waals surface area contributed by atoms with Crippen molar-refractivity contribution in [2.24, 2.45) is 0 Å². The highest BCUT2D eigenvalue weighted by Gasteiger charge is 2.32. The Bertz CT molecular complexity index is 396. The highest BCUT2D eigenvalue weighted by molar-refractivity contribution is 9.10. The lowest BCUT2D eigenvalue weighted by molar-refractivity contribution is 0.0145. The largest absolute Gasteiger partial charge is 0.398 e. The Morgan fingerprint density at radius 2 is 2.06 bits per heavy atom. The Hall–Kier alpha value is -0.580. The zero-order valence-corrected chi connectivity index (χ0v) is 12.4. The lowest BCUT2D eigenvalue weighted by Crippen LogP contribution is -2.38. The van der Waals surface area contributed by atoms with Crippen molar-refractivity contribution in [3.8, 4) is 0 Å². The molecule has 0 radical (unpaired) electrons. The minimum absolute atomic E-state index is 0.495. The van der Waals surface area contributed by atoms with E-state index in [1.165, 1.54) is 0 Å². The highest BCUT2D eigenvalue weighted by atomic mass is 79.9. The van der Waals surface area contributed by atoms with Crippen LogP contribution in [0.5, 0.6) is 0 Å². The predicted molar refractivity (Wildman–Crippen MR) is 78.3 cm³/mol. The summed E-state index contributed by atoms with van der Waals surface area (Å²) >= 11 is 3.53. The third-order valence-electron chi connectivity index (χ3n) is 3.68. The van der Waals surface area contributed by atoms with E-state index in [4.69, 9.17) is 5.73 Å². The van der Waals surface area contributed by atoms with Crippen molar-refractivity contribution in [3.05, 3.63) is 28.2 Å². The third kappa shape index (κ3) is 3.25. The first-order chi connectivity index (χ1) is 8.50. The smallest absolute Gasteiger partial charge is 0.0774 e. The number of hydrogen-bond donors (Lipinski definition) is 2. The molecule has 0 aromatic heterocycles. The van der Waals surface area contributed by atoms with Crippen LogP contribution in [0.2, 0.25) is 0 Å². The predicted octanol–water partition coefficient (Wildman–Crippen LogP) is 2.77. The zero-order chi connectivity index (χ0) is 13.2. The number of nitrogens with zero attached hydrogens (tertiary/aromatic N) is 1. The van der Waals surface area contributed by atoms with Crippen LogP contribution in [0.15, 0.2) is 22.7 Å². The molecule has 0 unspecified atom stereocenters. The zero-order valence-electron chi connectivity index (χ0n) is 10.8. The van der Waals surface area contributed by atoms with Crippen LogP contribution in [0.1, 0.15) is 31.2 Å². The van der Waals surface area contributed by atoms with Gasteiger partial charge in [0.1, 0.15) is 0 Å². The molecule has 18 heavy (non-hydrogen) atoms. The van der Waals surface area contributed by atoms with Gasteiger partial charge in [-0.25, -0.2) is 0 Å². The normalized spacial score (nSPS) is 18.4. The summed E-state index contributed by atoms with van der Waals surface area (Å²) in [6.45, 7) is 1.48. The molecule has 100 valence electrons. The van der Waals surface area contributed by atoms with Gasteiger partial charge in [0.2, 0.25) is 0 Å². The van der Waals surface area contributed by atoms with Crippen molar-refractivity contribution in [2.75, 3.05) is 19.3 Å². The van der Waals surface area contributed by atoms with E-state index in [9.17, 15) is 5.11 Å². The van der Waals surface area contributed by atoms with Crippen LogP contribution in [0, 0.1) is 0 Å². The topological polar surface area (TPSA) is 49.5 Å². The van der Waals surface area contributed by atoms with Crippen LogP contribution in [0.25, 0.3) is 0 Å². The molecule has 0 saturated heterocycles. The second-order valence-electron chi connectivity index (χ2n) is 5.41. The van der Waals surface area contributed by atoms with Crippen LogP contribution >= 0.6 is 15.9 Å². The molecular weight excluding hydrogens is 292 g/mol. The summed E-state index contributed by atoms with van der Waals surface area (Å²) in [6.07, 6.45) is 4.12. The maximum Gasteiger partial charge on any atom is 0.0774 e. The van der Waals surface area contributed by atoms with Gasteiger partial charge in [0.25, 0.3) is 0 Å². The van der Waals surface area contributed by atoms with E-state index in [2.05, 4.69) is 20.8 Å². The van der Waals surface area contributed by atoms with Gasteiger partial charge in [-0.3, -0.25) is 4.90 Å². The van der Waals surface area contributed by atoms with E-state index >= 15 is 0 Å². The van der Waals surface area contributed by atoms with Crippen molar-refractivity contribution >= 4 is 21.6 Å². The quantitative estimate of drug-likeness (QED) is 0.841. The van der Waals surface area contributed by atoms with Gasteiger partial charge in [0, 0.05) is 28.8 Å². The first kappa shape index (κ1) is 13.8. The van der Waals surface area contributed by atoms with Gasteiger partial charge in [-0.05, 0) is 32.0 Å². The van der Waals surface area contributed by atoms with Crippen molar-refractivity contribution in [1.29, 1.82) is 0 Å². The second-order valence-corrected chi connectivity index (χ2v) is 6.27. The minimum Gasteiger partial charge on any atom is -0.398 e. The molecule has 2 rings (SSSR count). The third-order valence-corrected chi connectivity index (χ3v) is 4.42. The van der Waals surface area contributed by atoms with E-state index in [1.807, 2.05) is 25.2 Å². The molecule has 1 aromatic rings. The summed E-state index contributed by atoms with van der Waals surface area (Å²) < 4.78 is 1.03. The Balaban J connectivity index is 2.00. The Morgan fingerprint density at radius 1 is 1.39 bits per heavy atom. The molecule has 4 heteroatoms. The number of rotatable bonds is 4. The summed E-state index contributed by atoms with van der Waals surface area (Å²) in [4.78, 5) is 2.15. The number of likely N-dealkylation sites (N-methyl/N-ethyl adjacent to an activating group) is 1. The molecule has 1 fully saturated rings. The number of nitrogen functional groups attached to an aromatic ring is 1. The fraction of sp³-hybridized carbons (Fsp3) is 0.571.